The fraction of sp³-hybridized carbons (Fsp3) is 0.429. The van der Waals surface area contributed by atoms with Gasteiger partial charge in [-0.1, -0.05) is 56.3 Å². The number of methoxy groups -OCH3 is 1. The van der Waals surface area contributed by atoms with Crippen LogP contribution in [0.1, 0.15) is 25.0 Å². The Kier molecular flexibility index (Phi) is 4.93. The molecule has 3 heteroatoms. The van der Waals surface area contributed by atoms with Crippen molar-refractivity contribution in [2.75, 3.05) is 20.2 Å². The van der Waals surface area contributed by atoms with Crippen molar-refractivity contribution in [1.29, 1.82) is 0 Å². The summed E-state index contributed by atoms with van der Waals surface area (Å²) in [6, 6.07) is 18.4. The molecule has 0 spiro atoms. The van der Waals surface area contributed by atoms with Gasteiger partial charge in [-0.15, -0.1) is 0 Å². The van der Waals surface area contributed by atoms with Crippen LogP contribution in [0.25, 0.3) is 0 Å². The van der Waals surface area contributed by atoms with E-state index in [1.165, 1.54) is 5.56 Å². The number of hydrogen-bond donors (Lipinski definition) is 1. The van der Waals surface area contributed by atoms with E-state index >= 15 is 0 Å². The van der Waals surface area contributed by atoms with Crippen LogP contribution in [-0.2, 0) is 12.1 Å². The SMILES string of the molecule is COc1ccc([C@]2(O)[C@H](C)CN(Cc3ccccc3)C[C@@H]2C)cc1. The van der Waals surface area contributed by atoms with Gasteiger partial charge in [0.05, 0.1) is 12.7 Å². The normalized spacial score (nSPS) is 27.8. The lowest BCUT2D eigenvalue weighted by atomic mass is 9.70. The molecule has 2 aromatic carbocycles. The molecule has 0 aromatic heterocycles. The number of hydrogen-bond acceptors (Lipinski definition) is 3. The Morgan fingerprint density at radius 2 is 1.58 bits per heavy atom. The van der Waals surface area contributed by atoms with Crippen molar-refractivity contribution < 1.29 is 9.84 Å². The lowest BCUT2D eigenvalue weighted by Crippen LogP contribution is -2.54. The molecule has 1 aliphatic heterocycles. The first-order valence-corrected chi connectivity index (χ1v) is 8.67. The monoisotopic (exact) mass is 325 g/mol. The average Bonchev–Trinajstić information content (AvgIpc) is 2.60. The van der Waals surface area contributed by atoms with E-state index in [0.717, 1.165) is 30.9 Å². The Balaban J connectivity index is 1.77. The van der Waals surface area contributed by atoms with Crippen molar-refractivity contribution >= 4 is 0 Å². The molecule has 1 heterocycles. The van der Waals surface area contributed by atoms with Crippen LogP contribution < -0.4 is 4.74 Å². The number of benzene rings is 2. The van der Waals surface area contributed by atoms with E-state index in [9.17, 15) is 5.11 Å². The van der Waals surface area contributed by atoms with E-state index in [4.69, 9.17) is 4.74 Å². The molecule has 1 saturated heterocycles. The molecular weight excluding hydrogens is 298 g/mol. The zero-order valence-electron chi connectivity index (χ0n) is 14.8. The third kappa shape index (κ3) is 3.19. The largest absolute Gasteiger partial charge is 0.497 e. The van der Waals surface area contributed by atoms with Crippen LogP contribution >= 0.6 is 0 Å². The summed E-state index contributed by atoms with van der Waals surface area (Å²) in [7, 11) is 1.66. The molecule has 3 rings (SSSR count). The van der Waals surface area contributed by atoms with Gasteiger partial charge in [-0.05, 0) is 23.3 Å². The van der Waals surface area contributed by atoms with E-state index in [0.29, 0.717) is 0 Å². The minimum Gasteiger partial charge on any atom is -0.497 e. The van der Waals surface area contributed by atoms with E-state index in [1.54, 1.807) is 7.11 Å². The van der Waals surface area contributed by atoms with Gasteiger partial charge in [0.25, 0.3) is 0 Å². The third-order valence-electron chi connectivity index (χ3n) is 5.37. The molecule has 0 radical (unpaired) electrons. The zero-order valence-corrected chi connectivity index (χ0v) is 14.8. The second-order valence-corrected chi connectivity index (χ2v) is 7.04. The molecule has 128 valence electrons. The highest BCUT2D eigenvalue weighted by atomic mass is 16.5. The molecule has 1 fully saturated rings. The van der Waals surface area contributed by atoms with Crippen LogP contribution in [0.15, 0.2) is 54.6 Å². The number of piperidine rings is 1. The standard InChI is InChI=1S/C21H27NO2/c1-16-13-22(15-18-7-5-4-6-8-18)14-17(2)21(16,23)19-9-11-20(24-3)12-10-19/h4-12,16-17,23H,13-15H2,1-3H3/t16-,17+,21+. The average molecular weight is 325 g/mol. The first kappa shape index (κ1) is 17.0. The summed E-state index contributed by atoms with van der Waals surface area (Å²) < 4.78 is 5.24. The molecule has 0 bridgehead atoms. The first-order chi connectivity index (χ1) is 11.5. The highest BCUT2D eigenvalue weighted by Gasteiger charge is 2.45. The van der Waals surface area contributed by atoms with Gasteiger partial charge in [-0.25, -0.2) is 0 Å². The highest BCUT2D eigenvalue weighted by Crippen LogP contribution is 2.41. The van der Waals surface area contributed by atoms with Crippen molar-refractivity contribution in [3.8, 4) is 5.75 Å². The Bertz CT molecular complexity index is 641. The molecule has 1 N–H and O–H groups in total. The Morgan fingerprint density at radius 3 is 2.12 bits per heavy atom. The summed E-state index contributed by atoms with van der Waals surface area (Å²) >= 11 is 0. The van der Waals surface area contributed by atoms with Crippen LogP contribution in [0.5, 0.6) is 5.75 Å². The van der Waals surface area contributed by atoms with Crippen molar-refractivity contribution in [2.45, 2.75) is 26.0 Å². The molecule has 0 unspecified atom stereocenters. The maximum Gasteiger partial charge on any atom is 0.118 e. The number of nitrogens with zero attached hydrogens (tertiary/aromatic N) is 1. The fourth-order valence-corrected chi connectivity index (χ4v) is 4.01. The summed E-state index contributed by atoms with van der Waals surface area (Å²) in [6.45, 7) is 7.02. The lowest BCUT2D eigenvalue weighted by Gasteiger charge is -2.48. The molecule has 0 aliphatic carbocycles. The summed E-state index contributed by atoms with van der Waals surface area (Å²) in [6.07, 6.45) is 0. The van der Waals surface area contributed by atoms with E-state index in [2.05, 4.69) is 43.0 Å². The first-order valence-electron chi connectivity index (χ1n) is 8.67. The van der Waals surface area contributed by atoms with Crippen LogP contribution in [0.2, 0.25) is 0 Å². The van der Waals surface area contributed by atoms with Gasteiger partial charge in [-0.2, -0.15) is 0 Å². The smallest absolute Gasteiger partial charge is 0.118 e. The molecule has 0 saturated carbocycles. The minimum absolute atomic E-state index is 0.165. The van der Waals surface area contributed by atoms with Crippen molar-refractivity contribution in [3.63, 3.8) is 0 Å². The van der Waals surface area contributed by atoms with E-state index < -0.39 is 5.60 Å². The van der Waals surface area contributed by atoms with Crippen LogP contribution in [0.3, 0.4) is 0 Å². The summed E-state index contributed by atoms with van der Waals surface area (Å²) in [5.74, 6) is 1.15. The van der Waals surface area contributed by atoms with Crippen molar-refractivity contribution in [2.24, 2.45) is 11.8 Å². The van der Waals surface area contributed by atoms with Gasteiger partial charge in [0.2, 0.25) is 0 Å². The molecule has 2 aromatic rings. The van der Waals surface area contributed by atoms with Gasteiger partial charge in [0.15, 0.2) is 0 Å². The summed E-state index contributed by atoms with van der Waals surface area (Å²) in [5.41, 5.74) is 1.52. The van der Waals surface area contributed by atoms with Crippen LogP contribution in [-0.4, -0.2) is 30.2 Å². The number of ether oxygens (including phenoxy) is 1. The van der Waals surface area contributed by atoms with Crippen LogP contribution in [0.4, 0.5) is 0 Å². The lowest BCUT2D eigenvalue weighted by molar-refractivity contribution is -0.114. The minimum atomic E-state index is -0.792. The van der Waals surface area contributed by atoms with Gasteiger partial charge in [0.1, 0.15) is 5.75 Å². The van der Waals surface area contributed by atoms with E-state index in [1.807, 2.05) is 30.3 Å². The molecular formula is C21H27NO2. The summed E-state index contributed by atoms with van der Waals surface area (Å²) in [4.78, 5) is 2.45. The van der Waals surface area contributed by atoms with Crippen molar-refractivity contribution in [3.05, 3.63) is 65.7 Å². The predicted molar refractivity (Wildman–Crippen MR) is 96.9 cm³/mol. The Hall–Kier alpha value is -1.84. The number of likely N-dealkylation sites (tertiary alicyclic amines) is 1. The maximum absolute atomic E-state index is 11.5. The second-order valence-electron chi connectivity index (χ2n) is 7.04. The molecule has 3 nitrogen and oxygen atoms in total. The van der Waals surface area contributed by atoms with Gasteiger partial charge in [-0.3, -0.25) is 4.90 Å². The topological polar surface area (TPSA) is 32.7 Å². The molecule has 3 atom stereocenters. The van der Waals surface area contributed by atoms with E-state index in [-0.39, 0.29) is 11.8 Å². The number of rotatable bonds is 4. The third-order valence-corrected chi connectivity index (χ3v) is 5.37. The molecule has 0 amide bonds. The maximum atomic E-state index is 11.5. The number of aliphatic hydroxyl groups is 1. The summed E-state index contributed by atoms with van der Waals surface area (Å²) in [5, 5.41) is 11.5. The van der Waals surface area contributed by atoms with Gasteiger partial charge < -0.3 is 9.84 Å². The van der Waals surface area contributed by atoms with Crippen LogP contribution in [0, 0.1) is 11.8 Å². The predicted octanol–water partition coefficient (Wildman–Crippen LogP) is 3.67. The highest BCUT2D eigenvalue weighted by molar-refractivity contribution is 5.32. The van der Waals surface area contributed by atoms with Gasteiger partial charge >= 0.3 is 0 Å². The Labute approximate surface area is 144 Å². The second kappa shape index (κ2) is 6.96. The zero-order chi connectivity index (χ0) is 17.2. The Morgan fingerprint density at radius 1 is 1.00 bits per heavy atom. The fourth-order valence-electron chi connectivity index (χ4n) is 4.01. The molecule has 1 aliphatic rings. The van der Waals surface area contributed by atoms with Gasteiger partial charge in [0, 0.05) is 31.5 Å². The van der Waals surface area contributed by atoms with Crippen molar-refractivity contribution in [1.82, 2.24) is 4.90 Å². The quantitative estimate of drug-likeness (QED) is 0.931. The molecule has 24 heavy (non-hydrogen) atoms.